The van der Waals surface area contributed by atoms with Gasteiger partial charge in [-0.2, -0.15) is 0 Å². The van der Waals surface area contributed by atoms with Crippen LogP contribution in [0.5, 0.6) is 5.75 Å². The van der Waals surface area contributed by atoms with Crippen molar-refractivity contribution in [2.45, 2.75) is 0 Å². The van der Waals surface area contributed by atoms with Crippen LogP contribution in [0, 0.1) is 0 Å². The maximum atomic E-state index is 12.0. The van der Waals surface area contributed by atoms with Gasteiger partial charge in [-0.3, -0.25) is 4.79 Å². The number of halogens is 1. The van der Waals surface area contributed by atoms with Crippen LogP contribution in [0.25, 0.3) is 0 Å². The Hall–Kier alpha value is -1.81. The van der Waals surface area contributed by atoms with Crippen molar-refractivity contribution in [3.8, 4) is 5.75 Å². The van der Waals surface area contributed by atoms with E-state index in [0.29, 0.717) is 5.56 Å². The zero-order valence-corrected chi connectivity index (χ0v) is 12.1. The van der Waals surface area contributed by atoms with E-state index in [4.69, 9.17) is 4.74 Å². The Balaban J connectivity index is 2.02. The van der Waals surface area contributed by atoms with Crippen molar-refractivity contribution in [1.29, 1.82) is 0 Å². The summed E-state index contributed by atoms with van der Waals surface area (Å²) in [6, 6.07) is 14.8. The summed E-state index contributed by atoms with van der Waals surface area (Å²) in [4.78, 5) is 12.0. The molecule has 3 nitrogen and oxygen atoms in total. The highest BCUT2D eigenvalue weighted by Crippen LogP contribution is 2.22. The predicted molar refractivity (Wildman–Crippen MR) is 80.0 cm³/mol. The van der Waals surface area contributed by atoms with E-state index in [2.05, 4.69) is 21.2 Å². The number of ketones is 1. The average molecular weight is 320 g/mol. The highest BCUT2D eigenvalue weighted by Gasteiger charge is 2.07. The molecule has 0 saturated heterocycles. The van der Waals surface area contributed by atoms with Crippen LogP contribution >= 0.6 is 15.9 Å². The first-order valence-electron chi connectivity index (χ1n) is 5.86. The van der Waals surface area contributed by atoms with Gasteiger partial charge in [0, 0.05) is 10.0 Å². The Morgan fingerprint density at radius 2 is 1.84 bits per heavy atom. The van der Waals surface area contributed by atoms with E-state index in [1.165, 1.54) is 0 Å². The van der Waals surface area contributed by atoms with Crippen LogP contribution < -0.4 is 10.1 Å². The van der Waals surface area contributed by atoms with Gasteiger partial charge in [-0.05, 0) is 24.3 Å². The molecule has 0 atom stereocenters. The lowest BCUT2D eigenvalue weighted by atomic mass is 10.1. The molecule has 19 heavy (non-hydrogen) atoms. The van der Waals surface area contributed by atoms with Crippen LogP contribution in [-0.2, 0) is 0 Å². The Morgan fingerprint density at radius 1 is 1.16 bits per heavy atom. The van der Waals surface area contributed by atoms with Crippen LogP contribution in [0.2, 0.25) is 0 Å². The molecule has 0 aliphatic rings. The second kappa shape index (κ2) is 6.38. The molecule has 0 aliphatic carbocycles. The Bertz CT molecular complexity index is 567. The Kier molecular flexibility index (Phi) is 4.58. The molecule has 0 unspecified atom stereocenters. The summed E-state index contributed by atoms with van der Waals surface area (Å²) in [5.41, 5.74) is 1.50. The number of ether oxygens (including phenoxy) is 1. The number of nitrogens with one attached hydrogen (secondary N) is 1. The zero-order valence-electron chi connectivity index (χ0n) is 10.5. The van der Waals surface area contributed by atoms with Gasteiger partial charge in [0.05, 0.1) is 19.3 Å². The summed E-state index contributed by atoms with van der Waals surface area (Å²) in [7, 11) is 1.61. The standard InChI is InChI=1S/C15H14BrNO2/c1-19-15-5-3-2-4-13(15)17-10-14(18)11-6-8-12(16)9-7-11/h2-9,17H,10H2,1H3. The molecule has 0 amide bonds. The van der Waals surface area contributed by atoms with E-state index in [1.807, 2.05) is 36.4 Å². The van der Waals surface area contributed by atoms with Gasteiger partial charge in [0.15, 0.2) is 5.78 Å². The predicted octanol–water partition coefficient (Wildman–Crippen LogP) is 3.75. The summed E-state index contributed by atoms with van der Waals surface area (Å²) in [6.45, 7) is 0.238. The van der Waals surface area contributed by atoms with E-state index in [9.17, 15) is 4.79 Å². The number of hydrogen-bond donors (Lipinski definition) is 1. The lowest BCUT2D eigenvalue weighted by molar-refractivity contribution is 0.101. The fraction of sp³-hybridized carbons (Fsp3) is 0.133. The summed E-state index contributed by atoms with van der Waals surface area (Å²) in [5.74, 6) is 0.768. The number of anilines is 1. The van der Waals surface area contributed by atoms with Gasteiger partial charge in [-0.25, -0.2) is 0 Å². The molecule has 2 aromatic rings. The highest BCUT2D eigenvalue weighted by atomic mass is 79.9. The molecule has 0 aromatic heterocycles. The van der Waals surface area contributed by atoms with Gasteiger partial charge in [-0.15, -0.1) is 0 Å². The van der Waals surface area contributed by atoms with Crippen molar-refractivity contribution in [1.82, 2.24) is 0 Å². The number of carbonyl (C=O) groups is 1. The Labute approximate surface area is 120 Å². The molecule has 2 rings (SSSR count). The lowest BCUT2D eigenvalue weighted by Gasteiger charge is -2.10. The topological polar surface area (TPSA) is 38.3 Å². The molecular formula is C15H14BrNO2. The van der Waals surface area contributed by atoms with Crippen molar-refractivity contribution in [2.24, 2.45) is 0 Å². The molecule has 0 bridgehead atoms. The summed E-state index contributed by atoms with van der Waals surface area (Å²) < 4.78 is 6.18. The molecule has 2 aromatic carbocycles. The fourth-order valence-electron chi connectivity index (χ4n) is 1.70. The maximum absolute atomic E-state index is 12.0. The monoisotopic (exact) mass is 319 g/mol. The molecule has 98 valence electrons. The van der Waals surface area contributed by atoms with Gasteiger partial charge in [0.25, 0.3) is 0 Å². The number of para-hydroxylation sites is 2. The van der Waals surface area contributed by atoms with Crippen LogP contribution in [-0.4, -0.2) is 19.4 Å². The number of hydrogen-bond acceptors (Lipinski definition) is 3. The SMILES string of the molecule is COc1ccccc1NCC(=O)c1ccc(Br)cc1. The van der Waals surface area contributed by atoms with Gasteiger partial charge < -0.3 is 10.1 Å². The number of carbonyl (C=O) groups excluding carboxylic acids is 1. The second-order valence-electron chi connectivity index (χ2n) is 3.98. The minimum atomic E-state index is 0.0402. The van der Waals surface area contributed by atoms with E-state index in [1.54, 1.807) is 19.2 Å². The van der Waals surface area contributed by atoms with Crippen molar-refractivity contribution in [2.75, 3.05) is 19.0 Å². The van der Waals surface area contributed by atoms with Crippen LogP contribution in [0.1, 0.15) is 10.4 Å². The van der Waals surface area contributed by atoms with Gasteiger partial charge in [-0.1, -0.05) is 40.2 Å². The summed E-state index contributed by atoms with van der Waals surface area (Å²) >= 11 is 3.35. The summed E-state index contributed by atoms with van der Waals surface area (Å²) in [6.07, 6.45) is 0. The molecular weight excluding hydrogens is 306 g/mol. The van der Waals surface area contributed by atoms with Crippen LogP contribution in [0.15, 0.2) is 53.0 Å². The molecule has 0 fully saturated rings. The van der Waals surface area contributed by atoms with Crippen LogP contribution in [0.4, 0.5) is 5.69 Å². The number of methoxy groups -OCH3 is 1. The molecule has 0 aliphatic heterocycles. The van der Waals surface area contributed by atoms with E-state index in [-0.39, 0.29) is 12.3 Å². The Morgan fingerprint density at radius 3 is 2.53 bits per heavy atom. The smallest absolute Gasteiger partial charge is 0.181 e. The molecule has 0 heterocycles. The maximum Gasteiger partial charge on any atom is 0.181 e. The minimum Gasteiger partial charge on any atom is -0.495 e. The van der Waals surface area contributed by atoms with Crippen molar-refractivity contribution < 1.29 is 9.53 Å². The first-order valence-corrected chi connectivity index (χ1v) is 6.65. The van der Waals surface area contributed by atoms with Gasteiger partial charge >= 0.3 is 0 Å². The molecule has 0 saturated carbocycles. The molecule has 1 N–H and O–H groups in total. The zero-order chi connectivity index (χ0) is 13.7. The van der Waals surface area contributed by atoms with Gasteiger partial charge in [0.1, 0.15) is 5.75 Å². The highest BCUT2D eigenvalue weighted by molar-refractivity contribution is 9.10. The average Bonchev–Trinajstić information content (AvgIpc) is 2.45. The molecule has 0 spiro atoms. The summed E-state index contributed by atoms with van der Waals surface area (Å²) in [5, 5.41) is 3.09. The normalized spacial score (nSPS) is 10.0. The molecule has 0 radical (unpaired) electrons. The van der Waals surface area contributed by atoms with E-state index < -0.39 is 0 Å². The first kappa shape index (κ1) is 13.6. The van der Waals surface area contributed by atoms with Gasteiger partial charge in [0.2, 0.25) is 0 Å². The van der Waals surface area contributed by atoms with Crippen molar-refractivity contribution in [3.63, 3.8) is 0 Å². The fourth-order valence-corrected chi connectivity index (χ4v) is 1.97. The quantitative estimate of drug-likeness (QED) is 0.853. The van der Waals surface area contributed by atoms with Crippen LogP contribution in [0.3, 0.4) is 0 Å². The third-order valence-corrected chi connectivity index (χ3v) is 3.24. The third-order valence-electron chi connectivity index (χ3n) is 2.71. The molecule has 4 heteroatoms. The number of rotatable bonds is 5. The second-order valence-corrected chi connectivity index (χ2v) is 4.90. The number of benzene rings is 2. The lowest BCUT2D eigenvalue weighted by Crippen LogP contribution is -2.14. The minimum absolute atomic E-state index is 0.0402. The third kappa shape index (κ3) is 3.58. The van der Waals surface area contributed by atoms with E-state index in [0.717, 1.165) is 15.9 Å². The first-order chi connectivity index (χ1) is 9.20. The van der Waals surface area contributed by atoms with Crippen molar-refractivity contribution >= 4 is 27.4 Å². The number of Topliss-reactive ketones (excluding diaryl/α,β-unsaturated/α-hetero) is 1. The largest absolute Gasteiger partial charge is 0.495 e. The van der Waals surface area contributed by atoms with E-state index >= 15 is 0 Å². The van der Waals surface area contributed by atoms with Crippen molar-refractivity contribution in [3.05, 3.63) is 58.6 Å².